The number of hydrogen-bond donors (Lipinski definition) is 1. The standard InChI is InChI=1S/C27H26BrN3O3/c1-27(2,3)34-26(33)29-22-11-7-10-20(16-22)23-17-24(18-8-5-4-6-9-18)31(30-23)25(32)19-12-14-21(28)15-13-19/h4-16,24H,17H2,1-3H3,(H,29,33). The molecule has 2 amide bonds. The molecule has 4 rings (SSSR count). The summed E-state index contributed by atoms with van der Waals surface area (Å²) >= 11 is 3.42. The van der Waals surface area contributed by atoms with Crippen LogP contribution in [0.25, 0.3) is 0 Å². The molecule has 3 aromatic carbocycles. The maximum absolute atomic E-state index is 13.4. The number of halogens is 1. The highest BCUT2D eigenvalue weighted by Crippen LogP contribution is 2.34. The van der Waals surface area contributed by atoms with E-state index in [0.717, 1.165) is 21.3 Å². The molecule has 0 bridgehead atoms. The molecule has 1 aliphatic heterocycles. The molecule has 0 spiro atoms. The lowest BCUT2D eigenvalue weighted by atomic mass is 9.98. The van der Waals surface area contributed by atoms with E-state index < -0.39 is 11.7 Å². The van der Waals surface area contributed by atoms with Gasteiger partial charge >= 0.3 is 6.09 Å². The predicted molar refractivity (Wildman–Crippen MR) is 137 cm³/mol. The first-order valence-corrected chi connectivity index (χ1v) is 11.8. The number of carbonyl (C=O) groups excluding carboxylic acids is 2. The molecule has 3 aromatic rings. The number of amides is 2. The lowest BCUT2D eigenvalue weighted by Gasteiger charge is -2.22. The van der Waals surface area contributed by atoms with Crippen molar-refractivity contribution < 1.29 is 14.3 Å². The minimum absolute atomic E-state index is 0.167. The van der Waals surface area contributed by atoms with E-state index in [4.69, 9.17) is 9.84 Å². The van der Waals surface area contributed by atoms with Crippen molar-refractivity contribution in [1.29, 1.82) is 0 Å². The summed E-state index contributed by atoms with van der Waals surface area (Å²) in [7, 11) is 0. The molecular weight excluding hydrogens is 494 g/mol. The van der Waals surface area contributed by atoms with E-state index in [-0.39, 0.29) is 11.9 Å². The molecule has 0 radical (unpaired) electrons. The second-order valence-electron chi connectivity index (χ2n) is 9.04. The number of anilines is 1. The summed E-state index contributed by atoms with van der Waals surface area (Å²) in [6.45, 7) is 5.45. The van der Waals surface area contributed by atoms with Crippen LogP contribution in [-0.4, -0.2) is 28.3 Å². The summed E-state index contributed by atoms with van der Waals surface area (Å²) in [5.74, 6) is -0.167. The normalized spacial score (nSPS) is 15.6. The Labute approximate surface area is 207 Å². The monoisotopic (exact) mass is 519 g/mol. The minimum atomic E-state index is -0.589. The van der Waals surface area contributed by atoms with Gasteiger partial charge in [-0.05, 0) is 68.3 Å². The van der Waals surface area contributed by atoms with E-state index in [1.807, 2.05) is 81.4 Å². The molecule has 7 heteroatoms. The van der Waals surface area contributed by atoms with Crippen LogP contribution in [0.1, 0.15) is 54.7 Å². The van der Waals surface area contributed by atoms with E-state index in [0.29, 0.717) is 17.7 Å². The highest BCUT2D eigenvalue weighted by Gasteiger charge is 2.33. The first-order chi connectivity index (χ1) is 16.2. The summed E-state index contributed by atoms with van der Waals surface area (Å²) in [5, 5.41) is 9.07. The van der Waals surface area contributed by atoms with Gasteiger partial charge in [-0.1, -0.05) is 58.4 Å². The van der Waals surface area contributed by atoms with E-state index in [9.17, 15) is 9.59 Å². The largest absolute Gasteiger partial charge is 0.444 e. The van der Waals surface area contributed by atoms with Crippen molar-refractivity contribution in [2.75, 3.05) is 5.32 Å². The first kappa shape index (κ1) is 23.7. The molecule has 1 unspecified atom stereocenters. The lowest BCUT2D eigenvalue weighted by molar-refractivity contribution is 0.0635. The smallest absolute Gasteiger partial charge is 0.412 e. The quantitative estimate of drug-likeness (QED) is 0.412. The Morgan fingerprint density at radius 2 is 1.71 bits per heavy atom. The minimum Gasteiger partial charge on any atom is -0.444 e. The third-order valence-corrected chi connectivity index (χ3v) is 5.76. The van der Waals surface area contributed by atoms with Crippen molar-refractivity contribution in [3.63, 3.8) is 0 Å². The van der Waals surface area contributed by atoms with Gasteiger partial charge in [0.25, 0.3) is 5.91 Å². The van der Waals surface area contributed by atoms with Gasteiger partial charge in [0.2, 0.25) is 0 Å². The van der Waals surface area contributed by atoms with Gasteiger partial charge in [0.15, 0.2) is 0 Å². The third-order valence-electron chi connectivity index (χ3n) is 5.24. The molecule has 0 saturated heterocycles. The van der Waals surface area contributed by atoms with Crippen LogP contribution in [0.3, 0.4) is 0 Å². The van der Waals surface area contributed by atoms with Gasteiger partial charge in [0.1, 0.15) is 5.60 Å². The third kappa shape index (κ3) is 5.72. The molecule has 0 saturated carbocycles. The molecule has 0 fully saturated rings. The van der Waals surface area contributed by atoms with Gasteiger partial charge in [0.05, 0.1) is 11.8 Å². The van der Waals surface area contributed by atoms with E-state index in [2.05, 4.69) is 21.2 Å². The molecule has 1 aliphatic rings. The van der Waals surface area contributed by atoms with Crippen molar-refractivity contribution in [2.45, 2.75) is 38.8 Å². The Balaban J connectivity index is 1.63. The average Bonchev–Trinajstić information content (AvgIpc) is 3.24. The molecular formula is C27H26BrN3O3. The van der Waals surface area contributed by atoms with Crippen molar-refractivity contribution in [3.8, 4) is 0 Å². The van der Waals surface area contributed by atoms with Crippen LogP contribution in [-0.2, 0) is 4.74 Å². The van der Waals surface area contributed by atoms with Crippen LogP contribution >= 0.6 is 15.9 Å². The number of ether oxygens (including phenoxy) is 1. The molecule has 0 aliphatic carbocycles. The zero-order valence-corrected chi connectivity index (χ0v) is 20.9. The predicted octanol–water partition coefficient (Wildman–Crippen LogP) is 6.79. The molecule has 174 valence electrons. The second kappa shape index (κ2) is 9.81. The molecule has 6 nitrogen and oxygen atoms in total. The maximum atomic E-state index is 13.4. The van der Waals surface area contributed by atoms with E-state index in [1.165, 1.54) is 0 Å². The fourth-order valence-corrected chi connectivity index (χ4v) is 3.99. The van der Waals surface area contributed by atoms with Crippen molar-refractivity contribution in [3.05, 3.63) is 100 Å². The van der Waals surface area contributed by atoms with Gasteiger partial charge in [0, 0.05) is 22.1 Å². The molecule has 34 heavy (non-hydrogen) atoms. The first-order valence-electron chi connectivity index (χ1n) is 11.0. The van der Waals surface area contributed by atoms with Crippen molar-refractivity contribution >= 4 is 39.3 Å². The fourth-order valence-electron chi connectivity index (χ4n) is 3.73. The Bertz CT molecular complexity index is 1220. The highest BCUT2D eigenvalue weighted by molar-refractivity contribution is 9.10. The van der Waals surface area contributed by atoms with E-state index >= 15 is 0 Å². The van der Waals surface area contributed by atoms with E-state index in [1.54, 1.807) is 23.2 Å². The summed E-state index contributed by atoms with van der Waals surface area (Å²) < 4.78 is 6.26. The van der Waals surface area contributed by atoms with Crippen LogP contribution in [0.2, 0.25) is 0 Å². The average molecular weight is 520 g/mol. The number of hydrazone groups is 1. The van der Waals surface area contributed by atoms with Crippen LogP contribution in [0.15, 0.2) is 88.4 Å². The molecule has 0 aromatic heterocycles. The van der Waals surface area contributed by atoms with Crippen LogP contribution < -0.4 is 5.32 Å². The Morgan fingerprint density at radius 1 is 1.00 bits per heavy atom. The number of hydrogen-bond acceptors (Lipinski definition) is 4. The SMILES string of the molecule is CC(C)(C)OC(=O)Nc1cccc(C2=NN(C(=O)c3ccc(Br)cc3)C(c3ccccc3)C2)c1. The molecule has 1 atom stereocenters. The molecule has 1 N–H and O–H groups in total. The highest BCUT2D eigenvalue weighted by atomic mass is 79.9. The zero-order valence-electron chi connectivity index (χ0n) is 19.3. The Kier molecular flexibility index (Phi) is 6.84. The summed E-state index contributed by atoms with van der Waals surface area (Å²) in [6, 6.07) is 24.3. The van der Waals surface area contributed by atoms with Gasteiger partial charge in [-0.2, -0.15) is 5.10 Å². The van der Waals surface area contributed by atoms with Gasteiger partial charge < -0.3 is 4.74 Å². The van der Waals surface area contributed by atoms with Crippen molar-refractivity contribution in [1.82, 2.24) is 5.01 Å². The molecule has 1 heterocycles. The van der Waals surface area contributed by atoms with Crippen molar-refractivity contribution in [2.24, 2.45) is 5.10 Å². The fraction of sp³-hybridized carbons (Fsp3) is 0.222. The number of rotatable bonds is 4. The maximum Gasteiger partial charge on any atom is 0.412 e. The number of nitrogens with one attached hydrogen (secondary N) is 1. The summed E-state index contributed by atoms with van der Waals surface area (Å²) in [6.07, 6.45) is 0.0366. The number of benzene rings is 3. The number of nitrogens with zero attached hydrogens (tertiary/aromatic N) is 2. The topological polar surface area (TPSA) is 71.0 Å². The van der Waals surface area contributed by atoms with Crippen LogP contribution in [0.4, 0.5) is 10.5 Å². The van der Waals surface area contributed by atoms with Gasteiger partial charge in [-0.15, -0.1) is 0 Å². The van der Waals surface area contributed by atoms with Gasteiger partial charge in [-0.25, -0.2) is 9.80 Å². The van der Waals surface area contributed by atoms with Gasteiger partial charge in [-0.3, -0.25) is 10.1 Å². The zero-order chi connectivity index (χ0) is 24.3. The summed E-state index contributed by atoms with van der Waals surface area (Å²) in [5.41, 5.74) is 3.19. The second-order valence-corrected chi connectivity index (χ2v) is 9.96. The Hall–Kier alpha value is -3.45. The summed E-state index contributed by atoms with van der Waals surface area (Å²) in [4.78, 5) is 25.6. The number of carbonyl (C=O) groups is 2. The van der Waals surface area contributed by atoms with Crippen LogP contribution in [0.5, 0.6) is 0 Å². The Morgan fingerprint density at radius 3 is 2.38 bits per heavy atom. The lowest BCUT2D eigenvalue weighted by Crippen LogP contribution is -2.27. The van der Waals surface area contributed by atoms with Crippen LogP contribution in [0, 0.1) is 0 Å².